The van der Waals surface area contributed by atoms with Crippen LogP contribution in [0.1, 0.15) is 15.4 Å². The number of halogens is 1. The van der Waals surface area contributed by atoms with E-state index >= 15 is 0 Å². The Balaban J connectivity index is 1.43. The van der Waals surface area contributed by atoms with Crippen molar-refractivity contribution in [1.82, 2.24) is 24.9 Å². The van der Waals surface area contributed by atoms with E-state index < -0.39 is 0 Å². The van der Waals surface area contributed by atoms with Gasteiger partial charge >= 0.3 is 0 Å². The Morgan fingerprint density at radius 1 is 1.12 bits per heavy atom. The summed E-state index contributed by atoms with van der Waals surface area (Å²) in [4.78, 5) is 25.4. The molecule has 0 unspecified atom stereocenters. The van der Waals surface area contributed by atoms with Gasteiger partial charge in [0, 0.05) is 19.0 Å². The smallest absolute Gasteiger partial charge is 0.297 e. The van der Waals surface area contributed by atoms with Crippen LogP contribution in [0.25, 0.3) is 11.4 Å². The maximum atomic E-state index is 12.7. The standard InChI is InChI=1S/C22H20ClN5O4S/c1-31-11-12-32-18-3-2-10-27(22(18)30)16-4-6-17(7-5-16)28-14-15(25-26-28)13-24-21(29)19-8-9-20(23)33-19/h2-10,14H,11-13H2,1H3,(H,24,29). The zero-order valence-corrected chi connectivity index (χ0v) is 19.2. The third kappa shape index (κ3) is 5.48. The first-order valence-corrected chi connectivity index (χ1v) is 11.1. The maximum absolute atomic E-state index is 12.7. The van der Waals surface area contributed by atoms with Crippen LogP contribution >= 0.6 is 22.9 Å². The molecule has 0 radical (unpaired) electrons. The number of hydrogen-bond acceptors (Lipinski definition) is 7. The summed E-state index contributed by atoms with van der Waals surface area (Å²) in [6.07, 6.45) is 3.41. The number of methoxy groups -OCH3 is 1. The van der Waals surface area contributed by atoms with Crippen LogP contribution in [0, 0.1) is 0 Å². The average molecular weight is 486 g/mol. The number of ether oxygens (including phenoxy) is 2. The molecule has 1 amide bonds. The molecule has 4 rings (SSSR count). The third-order valence-corrected chi connectivity index (χ3v) is 5.85. The van der Waals surface area contributed by atoms with Crippen LogP contribution in [-0.4, -0.2) is 45.8 Å². The fourth-order valence-electron chi connectivity index (χ4n) is 2.99. The van der Waals surface area contributed by atoms with Gasteiger partial charge in [0.25, 0.3) is 11.5 Å². The normalized spacial score (nSPS) is 10.8. The van der Waals surface area contributed by atoms with Gasteiger partial charge in [0.05, 0.1) is 34.2 Å². The average Bonchev–Trinajstić information content (AvgIpc) is 3.48. The van der Waals surface area contributed by atoms with E-state index in [1.165, 1.54) is 15.9 Å². The Kier molecular flexibility index (Phi) is 7.18. The highest BCUT2D eigenvalue weighted by atomic mass is 35.5. The van der Waals surface area contributed by atoms with E-state index in [-0.39, 0.29) is 23.8 Å². The zero-order valence-electron chi connectivity index (χ0n) is 17.6. The molecule has 3 aromatic heterocycles. The lowest BCUT2D eigenvalue weighted by atomic mass is 10.2. The predicted octanol–water partition coefficient (Wildman–Crippen LogP) is 3.09. The fourth-order valence-corrected chi connectivity index (χ4v) is 3.95. The van der Waals surface area contributed by atoms with Crippen LogP contribution in [0.4, 0.5) is 0 Å². The second-order valence-corrected chi connectivity index (χ2v) is 8.56. The quantitative estimate of drug-likeness (QED) is 0.366. The van der Waals surface area contributed by atoms with Crippen LogP contribution in [0.15, 0.2) is 65.7 Å². The number of benzene rings is 1. The summed E-state index contributed by atoms with van der Waals surface area (Å²) >= 11 is 7.08. The highest BCUT2D eigenvalue weighted by Gasteiger charge is 2.11. The second-order valence-electron chi connectivity index (χ2n) is 6.85. The minimum atomic E-state index is -0.257. The van der Waals surface area contributed by atoms with Crippen molar-refractivity contribution in [1.29, 1.82) is 0 Å². The monoisotopic (exact) mass is 485 g/mol. The Labute approximate surface area is 198 Å². The number of carbonyl (C=O) groups excluding carboxylic acids is 1. The van der Waals surface area contributed by atoms with Gasteiger partial charge in [-0.1, -0.05) is 16.8 Å². The summed E-state index contributed by atoms with van der Waals surface area (Å²) in [6, 6.07) is 14.0. The number of carbonyl (C=O) groups is 1. The van der Waals surface area contributed by atoms with E-state index in [9.17, 15) is 9.59 Å². The van der Waals surface area contributed by atoms with Crippen molar-refractivity contribution >= 4 is 28.8 Å². The lowest BCUT2D eigenvalue weighted by Gasteiger charge is -2.10. The summed E-state index contributed by atoms with van der Waals surface area (Å²) < 4.78 is 14.1. The molecule has 0 aliphatic carbocycles. The summed E-state index contributed by atoms with van der Waals surface area (Å²) in [5.41, 5.74) is 1.79. The van der Waals surface area contributed by atoms with Gasteiger partial charge < -0.3 is 14.8 Å². The van der Waals surface area contributed by atoms with Gasteiger partial charge in [-0.25, -0.2) is 4.68 Å². The van der Waals surface area contributed by atoms with Crippen molar-refractivity contribution in [2.45, 2.75) is 6.54 Å². The molecule has 33 heavy (non-hydrogen) atoms. The molecule has 0 aliphatic rings. The van der Waals surface area contributed by atoms with E-state index in [2.05, 4.69) is 15.6 Å². The molecular formula is C22H20ClN5O4S. The van der Waals surface area contributed by atoms with Gasteiger partial charge in [-0.15, -0.1) is 16.4 Å². The number of nitrogens with zero attached hydrogens (tertiary/aromatic N) is 4. The van der Waals surface area contributed by atoms with Crippen molar-refractivity contribution in [2.24, 2.45) is 0 Å². The Hall–Kier alpha value is -3.47. The number of hydrogen-bond donors (Lipinski definition) is 1. The van der Waals surface area contributed by atoms with E-state index in [4.69, 9.17) is 21.1 Å². The molecule has 1 aromatic carbocycles. The summed E-state index contributed by atoms with van der Waals surface area (Å²) in [5, 5.41) is 11.0. The van der Waals surface area contributed by atoms with Gasteiger partial charge in [0.2, 0.25) is 0 Å². The molecule has 0 spiro atoms. The van der Waals surface area contributed by atoms with Gasteiger partial charge in [-0.2, -0.15) is 0 Å². The number of aromatic nitrogens is 4. The molecular weight excluding hydrogens is 466 g/mol. The Bertz CT molecular complexity index is 1300. The lowest BCUT2D eigenvalue weighted by molar-refractivity contribution is 0.0954. The van der Waals surface area contributed by atoms with E-state index in [1.54, 1.807) is 60.6 Å². The first-order valence-electron chi connectivity index (χ1n) is 9.94. The van der Waals surface area contributed by atoms with Crippen LogP contribution in [0.3, 0.4) is 0 Å². The molecule has 3 heterocycles. The summed E-state index contributed by atoms with van der Waals surface area (Å²) in [5.74, 6) is 0.0380. The topological polar surface area (TPSA) is 100 Å². The third-order valence-electron chi connectivity index (χ3n) is 4.62. The van der Waals surface area contributed by atoms with Crippen molar-refractivity contribution in [3.63, 3.8) is 0 Å². The first-order chi connectivity index (χ1) is 16.0. The maximum Gasteiger partial charge on any atom is 0.297 e. The van der Waals surface area contributed by atoms with Crippen LogP contribution in [0.5, 0.6) is 5.75 Å². The molecule has 1 N–H and O–H groups in total. The van der Waals surface area contributed by atoms with E-state index in [0.717, 1.165) is 5.69 Å². The molecule has 0 saturated heterocycles. The highest BCUT2D eigenvalue weighted by Crippen LogP contribution is 2.21. The minimum absolute atomic E-state index is 0.218. The largest absolute Gasteiger partial charge is 0.485 e. The highest BCUT2D eigenvalue weighted by molar-refractivity contribution is 7.17. The van der Waals surface area contributed by atoms with Gasteiger partial charge in [-0.3, -0.25) is 14.2 Å². The number of rotatable bonds is 9. The van der Waals surface area contributed by atoms with Crippen LogP contribution < -0.4 is 15.6 Å². The number of thiophene rings is 1. The van der Waals surface area contributed by atoms with Crippen molar-refractivity contribution in [2.75, 3.05) is 20.3 Å². The van der Waals surface area contributed by atoms with Crippen LogP contribution in [-0.2, 0) is 11.3 Å². The first kappa shape index (κ1) is 22.7. The van der Waals surface area contributed by atoms with Crippen molar-refractivity contribution < 1.29 is 14.3 Å². The summed E-state index contributed by atoms with van der Waals surface area (Å²) in [6.45, 7) is 0.928. The van der Waals surface area contributed by atoms with Gasteiger partial charge in [-0.05, 0) is 48.5 Å². The SMILES string of the molecule is COCCOc1cccn(-c2ccc(-n3cc(CNC(=O)c4ccc(Cl)s4)nn3)cc2)c1=O. The van der Waals surface area contributed by atoms with Gasteiger partial charge in [0.15, 0.2) is 5.75 Å². The van der Waals surface area contributed by atoms with E-state index in [1.807, 2.05) is 12.1 Å². The molecule has 9 nitrogen and oxygen atoms in total. The lowest BCUT2D eigenvalue weighted by Crippen LogP contribution is -2.21. The molecule has 170 valence electrons. The minimum Gasteiger partial charge on any atom is -0.485 e. The fraction of sp³-hybridized carbons (Fsp3) is 0.182. The molecule has 0 aliphatic heterocycles. The number of pyridine rings is 1. The molecule has 0 fully saturated rings. The molecule has 11 heteroatoms. The number of amides is 1. The molecule has 0 saturated carbocycles. The molecule has 0 bridgehead atoms. The molecule has 0 atom stereocenters. The van der Waals surface area contributed by atoms with Crippen molar-refractivity contribution in [3.05, 3.63) is 86.2 Å². The summed E-state index contributed by atoms with van der Waals surface area (Å²) in [7, 11) is 1.57. The van der Waals surface area contributed by atoms with Crippen molar-refractivity contribution in [3.8, 4) is 17.1 Å². The number of nitrogens with one attached hydrogen (secondary N) is 1. The Morgan fingerprint density at radius 2 is 1.91 bits per heavy atom. The molecule has 4 aromatic rings. The van der Waals surface area contributed by atoms with Crippen LogP contribution in [0.2, 0.25) is 4.34 Å². The van der Waals surface area contributed by atoms with Gasteiger partial charge in [0.1, 0.15) is 12.3 Å². The zero-order chi connectivity index (χ0) is 23.2. The predicted molar refractivity (Wildman–Crippen MR) is 125 cm³/mol. The second kappa shape index (κ2) is 10.4. The Morgan fingerprint density at radius 3 is 2.64 bits per heavy atom. The van der Waals surface area contributed by atoms with E-state index in [0.29, 0.717) is 33.8 Å².